The van der Waals surface area contributed by atoms with Gasteiger partial charge in [0.2, 0.25) is 12.1 Å². The molecule has 5 heteroatoms. The van der Waals surface area contributed by atoms with Gasteiger partial charge in [-0.2, -0.15) is 0 Å². The predicted molar refractivity (Wildman–Crippen MR) is 53.8 cm³/mol. The highest BCUT2D eigenvalue weighted by atomic mass is 15.1. The van der Waals surface area contributed by atoms with Crippen molar-refractivity contribution in [3.05, 3.63) is 12.7 Å². The molecule has 0 saturated heterocycles. The fourth-order valence-corrected chi connectivity index (χ4v) is 1.38. The predicted octanol–water partition coefficient (Wildman–Crippen LogP) is 0.603. The fraction of sp³-hybridized carbons (Fsp3) is 0.444. The Morgan fingerprint density at radius 2 is 2.21 bits per heavy atom. The van der Waals surface area contributed by atoms with E-state index >= 15 is 0 Å². The van der Waals surface area contributed by atoms with Gasteiger partial charge in [0.1, 0.15) is 0 Å². The zero-order valence-electron chi connectivity index (χ0n) is 8.57. The minimum absolute atomic E-state index is 0.363. The van der Waals surface area contributed by atoms with Gasteiger partial charge in [0.25, 0.3) is 5.65 Å². The topological polar surface area (TPSA) is 57.5 Å². The molecule has 0 bridgehead atoms. The van der Waals surface area contributed by atoms with Crippen LogP contribution in [0.25, 0.3) is 11.2 Å². The molecule has 0 fully saturated rings. The van der Waals surface area contributed by atoms with E-state index in [4.69, 9.17) is 0 Å². The van der Waals surface area contributed by atoms with E-state index in [-0.39, 0.29) is 0 Å². The summed E-state index contributed by atoms with van der Waals surface area (Å²) < 4.78 is 1.89. The van der Waals surface area contributed by atoms with Crippen LogP contribution in [-0.2, 0) is 7.05 Å². The lowest BCUT2D eigenvalue weighted by Crippen LogP contribution is -2.30. The third-order valence-electron chi connectivity index (χ3n) is 1.98. The minimum Gasteiger partial charge on any atom is -0.352 e. The van der Waals surface area contributed by atoms with E-state index in [2.05, 4.69) is 34.1 Å². The van der Waals surface area contributed by atoms with Crippen molar-refractivity contribution in [1.29, 1.82) is 0 Å². The van der Waals surface area contributed by atoms with E-state index in [9.17, 15) is 0 Å². The van der Waals surface area contributed by atoms with Gasteiger partial charge in [-0.15, -0.1) is 0 Å². The number of hydrogen-bond donors (Lipinski definition) is 2. The van der Waals surface area contributed by atoms with Crippen LogP contribution in [0.3, 0.4) is 0 Å². The Bertz CT molecular complexity index is 445. The average molecular weight is 192 g/mol. The van der Waals surface area contributed by atoms with Crippen LogP contribution in [0.5, 0.6) is 0 Å². The maximum absolute atomic E-state index is 4.30. The van der Waals surface area contributed by atoms with Gasteiger partial charge in [-0.25, -0.2) is 4.57 Å². The first-order valence-corrected chi connectivity index (χ1v) is 4.62. The van der Waals surface area contributed by atoms with E-state index in [0.29, 0.717) is 6.04 Å². The van der Waals surface area contributed by atoms with Gasteiger partial charge >= 0.3 is 0 Å². The molecule has 5 nitrogen and oxygen atoms in total. The Hall–Kier alpha value is -1.65. The molecule has 0 aliphatic rings. The van der Waals surface area contributed by atoms with Gasteiger partial charge in [-0.1, -0.05) is 9.97 Å². The molecule has 0 aliphatic carbocycles. The number of aryl methyl sites for hydroxylation is 1. The number of fused-ring (bicyclic) bond motifs is 1. The van der Waals surface area contributed by atoms with Crippen molar-refractivity contribution >= 4 is 17.0 Å². The summed E-state index contributed by atoms with van der Waals surface area (Å²) >= 11 is 0. The van der Waals surface area contributed by atoms with E-state index in [1.165, 1.54) is 0 Å². The highest BCUT2D eigenvalue weighted by Gasteiger charge is 2.14. The molecule has 0 spiro atoms. The molecule has 0 saturated carbocycles. The van der Waals surface area contributed by atoms with Crippen molar-refractivity contribution in [2.75, 3.05) is 5.32 Å². The highest BCUT2D eigenvalue weighted by Crippen LogP contribution is 2.13. The summed E-state index contributed by atoms with van der Waals surface area (Å²) in [5.41, 5.74) is 1.85. The normalized spacial score (nSPS) is 11.1. The van der Waals surface area contributed by atoms with Crippen molar-refractivity contribution in [2.24, 2.45) is 7.05 Å². The minimum atomic E-state index is 0.363. The van der Waals surface area contributed by atoms with Crippen molar-refractivity contribution in [3.8, 4) is 0 Å². The zero-order valence-corrected chi connectivity index (χ0v) is 8.57. The number of aromatic amines is 1. The van der Waals surface area contributed by atoms with Gasteiger partial charge in [-0.3, -0.25) is 0 Å². The summed E-state index contributed by atoms with van der Waals surface area (Å²) in [6.07, 6.45) is 3.44. The lowest BCUT2D eigenvalue weighted by molar-refractivity contribution is -0.649. The summed E-state index contributed by atoms with van der Waals surface area (Å²) in [5.74, 6) is 0.852. The lowest BCUT2D eigenvalue weighted by atomic mass is 10.4. The molecule has 0 aromatic carbocycles. The molecule has 2 heterocycles. The van der Waals surface area contributed by atoms with E-state index < -0.39 is 0 Å². The first-order chi connectivity index (χ1) is 6.68. The summed E-state index contributed by atoms with van der Waals surface area (Å²) in [6.45, 7) is 4.16. The molecule has 0 atom stereocenters. The average Bonchev–Trinajstić information content (AvgIpc) is 2.58. The number of nitrogens with zero attached hydrogens (tertiary/aromatic N) is 3. The van der Waals surface area contributed by atoms with Crippen molar-refractivity contribution in [1.82, 2.24) is 15.0 Å². The van der Waals surface area contributed by atoms with Gasteiger partial charge < -0.3 is 10.3 Å². The lowest BCUT2D eigenvalue weighted by Gasteiger charge is -2.06. The van der Waals surface area contributed by atoms with Crippen molar-refractivity contribution < 1.29 is 4.57 Å². The Morgan fingerprint density at radius 1 is 1.43 bits per heavy atom. The molecule has 74 valence electrons. The molecular weight excluding hydrogens is 178 g/mol. The van der Waals surface area contributed by atoms with Crippen molar-refractivity contribution in [3.63, 3.8) is 0 Å². The maximum atomic E-state index is 4.30. The first kappa shape index (κ1) is 8.93. The summed E-state index contributed by atoms with van der Waals surface area (Å²) in [5, 5.41) is 3.27. The Kier molecular flexibility index (Phi) is 2.07. The quantitative estimate of drug-likeness (QED) is 0.685. The molecule has 0 aliphatic heterocycles. The molecule has 2 aromatic heterocycles. The van der Waals surface area contributed by atoms with Gasteiger partial charge in [0, 0.05) is 6.04 Å². The molecule has 14 heavy (non-hydrogen) atoms. The highest BCUT2D eigenvalue weighted by molar-refractivity contribution is 5.79. The second-order valence-electron chi connectivity index (χ2n) is 3.60. The number of H-pyrrole nitrogens is 1. The number of nitrogens with one attached hydrogen (secondary N) is 2. The van der Waals surface area contributed by atoms with Gasteiger partial charge in [-0.05, 0) is 13.8 Å². The van der Waals surface area contributed by atoms with Crippen LogP contribution in [0.4, 0.5) is 5.82 Å². The largest absolute Gasteiger partial charge is 0.352 e. The number of imidazole rings is 1. The first-order valence-electron chi connectivity index (χ1n) is 4.62. The molecule has 2 N–H and O–H groups in total. The van der Waals surface area contributed by atoms with E-state index in [1.54, 1.807) is 12.7 Å². The SMILES string of the molecule is CC(C)Nc1nc[n+](C)c2nc[nH]c12. The van der Waals surface area contributed by atoms with Crippen LogP contribution in [-0.4, -0.2) is 21.0 Å². The summed E-state index contributed by atoms with van der Waals surface area (Å²) in [4.78, 5) is 11.6. The second kappa shape index (κ2) is 3.25. The summed E-state index contributed by atoms with van der Waals surface area (Å²) in [6, 6.07) is 0.363. The van der Waals surface area contributed by atoms with E-state index in [0.717, 1.165) is 17.0 Å². The number of hydrogen-bond acceptors (Lipinski definition) is 3. The maximum Gasteiger partial charge on any atom is 0.293 e. The van der Waals surface area contributed by atoms with E-state index in [1.807, 2.05) is 11.6 Å². The molecular formula is C9H14N5+. The van der Waals surface area contributed by atoms with Crippen LogP contribution in [0, 0.1) is 0 Å². The number of aromatic nitrogens is 4. The third-order valence-corrected chi connectivity index (χ3v) is 1.98. The smallest absolute Gasteiger partial charge is 0.293 e. The monoisotopic (exact) mass is 192 g/mol. The Labute approximate surface area is 82.2 Å². The van der Waals surface area contributed by atoms with Crippen LogP contribution in [0.15, 0.2) is 12.7 Å². The van der Waals surface area contributed by atoms with Crippen molar-refractivity contribution in [2.45, 2.75) is 19.9 Å². The van der Waals surface area contributed by atoms with Gasteiger partial charge in [0.05, 0.1) is 7.05 Å². The summed E-state index contributed by atoms with van der Waals surface area (Å²) in [7, 11) is 1.93. The number of rotatable bonds is 2. The molecule has 0 amide bonds. The Balaban J connectivity index is 2.55. The molecule has 2 aromatic rings. The molecule has 0 unspecified atom stereocenters. The van der Waals surface area contributed by atoms with Crippen LogP contribution in [0.1, 0.15) is 13.8 Å². The molecule has 2 rings (SSSR count). The number of anilines is 1. The van der Waals surface area contributed by atoms with Crippen LogP contribution in [0.2, 0.25) is 0 Å². The van der Waals surface area contributed by atoms with Crippen LogP contribution < -0.4 is 9.88 Å². The third kappa shape index (κ3) is 1.41. The van der Waals surface area contributed by atoms with Gasteiger partial charge in [0.15, 0.2) is 11.8 Å². The van der Waals surface area contributed by atoms with Crippen LogP contribution >= 0.6 is 0 Å². The zero-order chi connectivity index (χ0) is 10.1. The second-order valence-corrected chi connectivity index (χ2v) is 3.60. The standard InChI is InChI=1S/C9H13N5/c1-6(2)13-8-7-9(11-4-10-7)14(3)5-12-8/h4-6H,1-3H3,(H,10,11,13)/p+1. The molecule has 0 radical (unpaired) electrons. The Morgan fingerprint density at radius 3 is 2.93 bits per heavy atom. The fourth-order valence-electron chi connectivity index (χ4n) is 1.38.